The number of nitrogens with two attached hydrogens (primary N) is 1. The van der Waals surface area contributed by atoms with Crippen molar-refractivity contribution in [1.29, 1.82) is 0 Å². The standard InChI is InChI=1S/C21H16ClN2O/c1-13-4-2-5-14(10-13)12-24-18-7-3-6-17(21(23)25)20(18)16-9-8-15(22)11-19(16)24/h2-8,10-11H,12H2,1H3,(H2,23,25). The average molecular weight is 348 g/mol. The topological polar surface area (TPSA) is 48.0 Å². The third kappa shape index (κ3) is 2.67. The molecule has 3 nitrogen and oxygen atoms in total. The van der Waals surface area contributed by atoms with Crippen LogP contribution in [0.4, 0.5) is 0 Å². The molecule has 0 atom stereocenters. The van der Waals surface area contributed by atoms with Crippen LogP contribution in [0.25, 0.3) is 21.8 Å². The van der Waals surface area contributed by atoms with Crippen LogP contribution in [0.2, 0.25) is 5.02 Å². The van der Waals surface area contributed by atoms with Gasteiger partial charge in [-0.3, -0.25) is 4.79 Å². The molecule has 123 valence electrons. The van der Waals surface area contributed by atoms with E-state index >= 15 is 0 Å². The molecule has 25 heavy (non-hydrogen) atoms. The molecule has 0 fully saturated rings. The lowest BCUT2D eigenvalue weighted by Crippen LogP contribution is -2.11. The summed E-state index contributed by atoms with van der Waals surface area (Å²) in [5, 5.41) is 2.30. The Morgan fingerprint density at radius 2 is 1.96 bits per heavy atom. The number of halogens is 1. The summed E-state index contributed by atoms with van der Waals surface area (Å²) in [6.07, 6.45) is 0. The molecule has 1 amide bonds. The number of carbonyl (C=O) groups is 1. The number of hydrogen-bond donors (Lipinski definition) is 1. The Kier molecular flexibility index (Phi) is 3.74. The fraction of sp³-hybridized carbons (Fsp3) is 0.0952. The molecule has 3 aromatic carbocycles. The predicted molar refractivity (Wildman–Crippen MR) is 102 cm³/mol. The Morgan fingerprint density at radius 3 is 2.72 bits per heavy atom. The van der Waals surface area contributed by atoms with Gasteiger partial charge >= 0.3 is 0 Å². The van der Waals surface area contributed by atoms with Gasteiger partial charge in [0.25, 0.3) is 0 Å². The maximum Gasteiger partial charge on any atom is 0.249 e. The second-order valence-corrected chi connectivity index (χ2v) is 6.65. The second-order valence-electron chi connectivity index (χ2n) is 6.22. The van der Waals surface area contributed by atoms with Gasteiger partial charge in [-0.15, -0.1) is 0 Å². The van der Waals surface area contributed by atoms with Gasteiger partial charge in [0.1, 0.15) is 0 Å². The minimum atomic E-state index is -0.441. The van der Waals surface area contributed by atoms with Gasteiger partial charge < -0.3 is 10.3 Å². The van der Waals surface area contributed by atoms with E-state index in [0.29, 0.717) is 17.1 Å². The van der Waals surface area contributed by atoms with Gasteiger partial charge in [-0.25, -0.2) is 0 Å². The van der Waals surface area contributed by atoms with E-state index < -0.39 is 5.91 Å². The molecular formula is C21H16ClN2O. The van der Waals surface area contributed by atoms with Crippen molar-refractivity contribution in [3.63, 3.8) is 0 Å². The molecule has 0 bridgehead atoms. The first-order valence-corrected chi connectivity index (χ1v) is 8.40. The van der Waals surface area contributed by atoms with Gasteiger partial charge in [-0.05, 0) is 42.8 Å². The number of aromatic nitrogens is 1. The van der Waals surface area contributed by atoms with Crippen molar-refractivity contribution in [2.75, 3.05) is 0 Å². The van der Waals surface area contributed by atoms with Crippen molar-refractivity contribution in [3.8, 4) is 0 Å². The Balaban J connectivity index is 2.06. The Morgan fingerprint density at radius 1 is 1.16 bits per heavy atom. The number of amides is 1. The van der Waals surface area contributed by atoms with E-state index in [1.165, 1.54) is 11.1 Å². The highest BCUT2D eigenvalue weighted by molar-refractivity contribution is 6.31. The lowest BCUT2D eigenvalue weighted by atomic mass is 10.1. The van der Waals surface area contributed by atoms with Crippen molar-refractivity contribution in [1.82, 2.24) is 4.57 Å². The first kappa shape index (κ1) is 15.7. The molecule has 0 spiro atoms. The minimum absolute atomic E-state index is 0.441. The van der Waals surface area contributed by atoms with E-state index in [1.54, 1.807) is 12.1 Å². The zero-order valence-electron chi connectivity index (χ0n) is 13.7. The molecule has 0 aliphatic rings. The number of benzene rings is 3. The molecule has 2 N–H and O–H groups in total. The van der Waals surface area contributed by atoms with Crippen LogP contribution in [0.5, 0.6) is 0 Å². The number of rotatable bonds is 3. The van der Waals surface area contributed by atoms with Crippen LogP contribution in [0.3, 0.4) is 0 Å². The molecule has 0 aliphatic carbocycles. The van der Waals surface area contributed by atoms with Crippen LogP contribution in [-0.4, -0.2) is 10.5 Å². The van der Waals surface area contributed by atoms with Crippen LogP contribution in [-0.2, 0) is 6.54 Å². The maximum absolute atomic E-state index is 11.9. The number of fused-ring (bicyclic) bond motifs is 3. The predicted octanol–water partition coefficient (Wildman–Crippen LogP) is 4.70. The monoisotopic (exact) mass is 347 g/mol. The summed E-state index contributed by atoms with van der Waals surface area (Å²) in [6.45, 7) is 2.75. The fourth-order valence-electron chi connectivity index (χ4n) is 3.40. The van der Waals surface area contributed by atoms with Gasteiger partial charge in [0.15, 0.2) is 0 Å². The van der Waals surface area contributed by atoms with Crippen LogP contribution in [0.15, 0.2) is 54.6 Å². The van der Waals surface area contributed by atoms with E-state index in [2.05, 4.69) is 35.8 Å². The van der Waals surface area contributed by atoms with Gasteiger partial charge in [-0.2, -0.15) is 0 Å². The van der Waals surface area contributed by atoms with Crippen molar-refractivity contribution in [2.24, 2.45) is 5.73 Å². The maximum atomic E-state index is 11.9. The molecular weight excluding hydrogens is 332 g/mol. The van der Waals surface area contributed by atoms with Crippen LogP contribution in [0, 0.1) is 13.0 Å². The molecule has 4 aromatic rings. The molecule has 0 saturated heterocycles. The van der Waals surface area contributed by atoms with Gasteiger partial charge in [0, 0.05) is 27.9 Å². The minimum Gasteiger partial charge on any atom is -0.366 e. The average Bonchev–Trinajstić information content (AvgIpc) is 2.88. The van der Waals surface area contributed by atoms with Crippen LogP contribution in [0.1, 0.15) is 21.5 Å². The van der Waals surface area contributed by atoms with Crippen LogP contribution >= 0.6 is 11.6 Å². The first-order valence-electron chi connectivity index (χ1n) is 8.02. The summed E-state index contributed by atoms with van der Waals surface area (Å²) in [5.41, 5.74) is 10.4. The van der Waals surface area contributed by atoms with E-state index in [-0.39, 0.29) is 0 Å². The van der Waals surface area contributed by atoms with Gasteiger partial charge in [-0.1, -0.05) is 47.5 Å². The summed E-state index contributed by atoms with van der Waals surface area (Å²) in [4.78, 5) is 11.9. The Hall–Kier alpha value is -2.78. The summed E-state index contributed by atoms with van der Waals surface area (Å²) < 4.78 is 2.16. The molecule has 1 aromatic heterocycles. The molecule has 0 aliphatic heterocycles. The fourth-order valence-corrected chi connectivity index (χ4v) is 3.56. The normalized spacial score (nSPS) is 11.3. The highest BCUT2D eigenvalue weighted by atomic mass is 35.5. The van der Waals surface area contributed by atoms with Gasteiger partial charge in [0.2, 0.25) is 5.91 Å². The number of primary amides is 1. The van der Waals surface area contributed by atoms with Crippen molar-refractivity contribution < 1.29 is 4.79 Å². The second kappa shape index (κ2) is 5.94. The summed E-state index contributed by atoms with van der Waals surface area (Å²) in [6, 6.07) is 20.8. The lowest BCUT2D eigenvalue weighted by molar-refractivity contribution is 0.100. The molecule has 4 rings (SSSR count). The van der Waals surface area contributed by atoms with E-state index in [1.807, 2.05) is 24.3 Å². The van der Waals surface area contributed by atoms with Crippen molar-refractivity contribution in [3.05, 3.63) is 82.4 Å². The van der Waals surface area contributed by atoms with Crippen LogP contribution < -0.4 is 5.73 Å². The summed E-state index contributed by atoms with van der Waals surface area (Å²) >= 11 is 6.21. The molecule has 1 radical (unpaired) electrons. The molecule has 4 heteroatoms. The number of nitrogens with zero attached hydrogens (tertiary/aromatic N) is 1. The highest BCUT2D eigenvalue weighted by Gasteiger charge is 2.17. The van der Waals surface area contributed by atoms with E-state index in [4.69, 9.17) is 17.3 Å². The molecule has 1 heterocycles. The number of hydrogen-bond acceptors (Lipinski definition) is 1. The van der Waals surface area contributed by atoms with Crippen molar-refractivity contribution in [2.45, 2.75) is 13.5 Å². The lowest BCUT2D eigenvalue weighted by Gasteiger charge is -2.09. The highest BCUT2D eigenvalue weighted by Crippen LogP contribution is 2.33. The van der Waals surface area contributed by atoms with Gasteiger partial charge in [0.05, 0.1) is 11.0 Å². The smallest absolute Gasteiger partial charge is 0.249 e. The number of carbonyl (C=O) groups excluding carboxylic acids is 1. The van der Waals surface area contributed by atoms with E-state index in [9.17, 15) is 4.79 Å². The summed E-state index contributed by atoms with van der Waals surface area (Å²) in [5.74, 6) is -0.441. The Bertz CT molecular complexity index is 1130. The first-order chi connectivity index (χ1) is 12.0. The molecule has 0 unspecified atom stereocenters. The molecule has 0 saturated carbocycles. The third-order valence-corrected chi connectivity index (χ3v) is 4.67. The summed E-state index contributed by atoms with van der Waals surface area (Å²) in [7, 11) is 0. The largest absolute Gasteiger partial charge is 0.366 e. The SMILES string of the molecule is Cc1cccc(Cn2c3cc(Cl)c[c]c3c3c(C(N)=O)cccc32)c1. The Labute approximate surface area is 150 Å². The zero-order chi connectivity index (χ0) is 17.6. The quantitative estimate of drug-likeness (QED) is 0.573. The van der Waals surface area contributed by atoms with E-state index in [0.717, 1.165) is 21.8 Å². The van der Waals surface area contributed by atoms with Crippen molar-refractivity contribution >= 4 is 39.3 Å². The number of aryl methyl sites for hydroxylation is 1. The third-order valence-electron chi connectivity index (χ3n) is 4.45. The zero-order valence-corrected chi connectivity index (χ0v) is 14.5.